The number of aromatic nitrogens is 3. The molecular weight excluding hydrogens is 320 g/mol. The molecule has 0 spiro atoms. The smallest absolute Gasteiger partial charge is 0.170 e. The van der Waals surface area contributed by atoms with Crippen molar-refractivity contribution >= 4 is 15.9 Å². The van der Waals surface area contributed by atoms with Crippen molar-refractivity contribution in [1.82, 2.24) is 20.1 Å². The largest absolute Gasteiger partial charge is 0.485 e. The number of ether oxygens (including phenoxy) is 1. The molecule has 0 saturated carbocycles. The third kappa shape index (κ3) is 3.19. The molecule has 5 nitrogen and oxygen atoms in total. The van der Waals surface area contributed by atoms with Crippen LogP contribution in [0.4, 0.5) is 0 Å². The van der Waals surface area contributed by atoms with Gasteiger partial charge in [-0.3, -0.25) is 0 Å². The van der Waals surface area contributed by atoms with Gasteiger partial charge in [-0.15, -0.1) is 10.2 Å². The molecule has 2 aromatic rings. The highest BCUT2D eigenvalue weighted by Gasteiger charge is 2.12. The first-order valence-corrected chi connectivity index (χ1v) is 7.26. The zero-order chi connectivity index (χ0) is 14.7. The van der Waals surface area contributed by atoms with Crippen LogP contribution in [0, 0.1) is 6.92 Å². The molecule has 1 N–H and O–H groups in total. The summed E-state index contributed by atoms with van der Waals surface area (Å²) in [6.07, 6.45) is 0. The highest BCUT2D eigenvalue weighted by atomic mass is 79.9. The Kier molecular flexibility index (Phi) is 4.77. The summed E-state index contributed by atoms with van der Waals surface area (Å²) in [7, 11) is 3.87. The van der Waals surface area contributed by atoms with E-state index in [1.54, 1.807) is 0 Å². The maximum Gasteiger partial charge on any atom is 0.170 e. The van der Waals surface area contributed by atoms with Crippen LogP contribution in [0.5, 0.6) is 5.75 Å². The highest BCUT2D eigenvalue weighted by molar-refractivity contribution is 9.10. The van der Waals surface area contributed by atoms with Crippen molar-refractivity contribution < 1.29 is 4.74 Å². The number of nitrogens with zero attached hydrogens (tertiary/aromatic N) is 3. The summed E-state index contributed by atoms with van der Waals surface area (Å²) in [6.45, 7) is 4.42. The van der Waals surface area contributed by atoms with Gasteiger partial charge >= 0.3 is 0 Å². The average Bonchev–Trinajstić information content (AvgIpc) is 2.76. The molecule has 1 atom stereocenters. The molecule has 0 fully saturated rings. The van der Waals surface area contributed by atoms with E-state index in [0.717, 1.165) is 27.4 Å². The van der Waals surface area contributed by atoms with Crippen LogP contribution in [0.3, 0.4) is 0 Å². The van der Waals surface area contributed by atoms with Crippen LogP contribution in [0.1, 0.15) is 30.2 Å². The van der Waals surface area contributed by atoms with Gasteiger partial charge in [-0.05, 0) is 33.0 Å². The summed E-state index contributed by atoms with van der Waals surface area (Å²) in [5.41, 5.74) is 1.12. The van der Waals surface area contributed by atoms with E-state index in [4.69, 9.17) is 4.74 Å². The molecule has 20 heavy (non-hydrogen) atoms. The molecule has 6 heteroatoms. The predicted molar refractivity (Wildman–Crippen MR) is 81.7 cm³/mol. The fourth-order valence-electron chi connectivity index (χ4n) is 1.87. The minimum absolute atomic E-state index is 0.222. The van der Waals surface area contributed by atoms with Gasteiger partial charge in [0.25, 0.3) is 0 Å². The van der Waals surface area contributed by atoms with Crippen molar-refractivity contribution in [1.29, 1.82) is 0 Å². The zero-order valence-electron chi connectivity index (χ0n) is 12.1. The average molecular weight is 339 g/mol. The number of nitrogens with one attached hydrogen (secondary N) is 1. The normalized spacial score (nSPS) is 12.4. The Labute approximate surface area is 127 Å². The van der Waals surface area contributed by atoms with E-state index in [0.29, 0.717) is 6.61 Å². The highest BCUT2D eigenvalue weighted by Crippen LogP contribution is 2.29. The van der Waals surface area contributed by atoms with E-state index < -0.39 is 0 Å². The van der Waals surface area contributed by atoms with Crippen molar-refractivity contribution in [2.75, 3.05) is 7.05 Å². The fraction of sp³-hybridized carbons (Fsp3) is 0.429. The number of halogens is 1. The molecule has 0 radical (unpaired) electrons. The minimum Gasteiger partial charge on any atom is -0.485 e. The van der Waals surface area contributed by atoms with Gasteiger partial charge < -0.3 is 14.6 Å². The second kappa shape index (κ2) is 6.37. The van der Waals surface area contributed by atoms with Crippen LogP contribution in [0.25, 0.3) is 0 Å². The maximum atomic E-state index is 5.93. The van der Waals surface area contributed by atoms with Crippen LogP contribution in [-0.2, 0) is 13.7 Å². The Bertz CT molecular complexity index is 597. The van der Waals surface area contributed by atoms with Gasteiger partial charge in [-0.2, -0.15) is 0 Å². The van der Waals surface area contributed by atoms with Gasteiger partial charge in [-0.1, -0.05) is 22.0 Å². The van der Waals surface area contributed by atoms with E-state index in [2.05, 4.69) is 44.4 Å². The van der Waals surface area contributed by atoms with Gasteiger partial charge in [0.05, 0.1) is 0 Å². The van der Waals surface area contributed by atoms with Crippen LogP contribution in [0.2, 0.25) is 0 Å². The van der Waals surface area contributed by atoms with Crippen LogP contribution in [-0.4, -0.2) is 21.8 Å². The maximum absolute atomic E-state index is 5.93. The molecule has 0 saturated heterocycles. The number of rotatable bonds is 5. The van der Waals surface area contributed by atoms with E-state index in [-0.39, 0.29) is 6.04 Å². The number of hydrogen-bond acceptors (Lipinski definition) is 4. The van der Waals surface area contributed by atoms with E-state index in [1.165, 1.54) is 0 Å². The second-order valence-corrected chi connectivity index (χ2v) is 5.62. The van der Waals surface area contributed by atoms with Crippen molar-refractivity contribution in [2.45, 2.75) is 26.5 Å². The predicted octanol–water partition coefficient (Wildman–Crippen LogP) is 2.75. The number of benzene rings is 1. The lowest BCUT2D eigenvalue weighted by molar-refractivity contribution is 0.285. The van der Waals surface area contributed by atoms with E-state index >= 15 is 0 Å². The van der Waals surface area contributed by atoms with E-state index in [1.807, 2.05) is 37.7 Å². The standard InChI is InChI=1S/C14H19BrN4O/c1-9(16-3)12-6-5-11(15)7-13(12)20-8-14-18-17-10(2)19(14)4/h5-7,9,16H,8H2,1-4H3. The van der Waals surface area contributed by atoms with Crippen LogP contribution < -0.4 is 10.1 Å². The Morgan fingerprint density at radius 1 is 1.40 bits per heavy atom. The molecule has 2 rings (SSSR count). The summed E-state index contributed by atoms with van der Waals surface area (Å²) in [5, 5.41) is 11.4. The Morgan fingerprint density at radius 2 is 2.15 bits per heavy atom. The van der Waals surface area contributed by atoms with Crippen LogP contribution >= 0.6 is 15.9 Å². The van der Waals surface area contributed by atoms with Gasteiger partial charge in [0, 0.05) is 23.1 Å². The molecule has 1 aromatic heterocycles. The van der Waals surface area contributed by atoms with Crippen molar-refractivity contribution in [3.05, 3.63) is 39.9 Å². The van der Waals surface area contributed by atoms with Crippen molar-refractivity contribution in [3.8, 4) is 5.75 Å². The lowest BCUT2D eigenvalue weighted by Crippen LogP contribution is -2.14. The first kappa shape index (κ1) is 15.0. The molecule has 1 unspecified atom stereocenters. The zero-order valence-corrected chi connectivity index (χ0v) is 13.7. The number of hydrogen-bond donors (Lipinski definition) is 1. The quantitative estimate of drug-likeness (QED) is 0.910. The van der Waals surface area contributed by atoms with Gasteiger partial charge in [0.2, 0.25) is 0 Å². The van der Waals surface area contributed by atoms with Gasteiger partial charge in [-0.25, -0.2) is 0 Å². The SMILES string of the molecule is CNC(C)c1ccc(Br)cc1OCc1nnc(C)n1C. The molecular formula is C14H19BrN4O. The molecule has 0 aliphatic carbocycles. The Balaban J connectivity index is 2.20. The summed E-state index contributed by atoms with van der Waals surface area (Å²) < 4.78 is 8.85. The Morgan fingerprint density at radius 3 is 2.75 bits per heavy atom. The third-order valence-electron chi connectivity index (χ3n) is 3.41. The second-order valence-electron chi connectivity index (χ2n) is 4.70. The molecule has 1 heterocycles. The summed E-state index contributed by atoms with van der Waals surface area (Å²) >= 11 is 3.48. The van der Waals surface area contributed by atoms with E-state index in [9.17, 15) is 0 Å². The van der Waals surface area contributed by atoms with Gasteiger partial charge in [0.1, 0.15) is 18.2 Å². The lowest BCUT2D eigenvalue weighted by atomic mass is 10.1. The minimum atomic E-state index is 0.222. The molecule has 0 amide bonds. The van der Waals surface area contributed by atoms with Gasteiger partial charge in [0.15, 0.2) is 5.82 Å². The fourth-order valence-corrected chi connectivity index (χ4v) is 2.21. The first-order valence-electron chi connectivity index (χ1n) is 6.47. The number of aryl methyl sites for hydroxylation is 1. The summed E-state index contributed by atoms with van der Waals surface area (Å²) in [5.74, 6) is 2.54. The molecule has 0 bridgehead atoms. The third-order valence-corrected chi connectivity index (χ3v) is 3.91. The molecule has 1 aromatic carbocycles. The van der Waals surface area contributed by atoms with Crippen molar-refractivity contribution in [3.63, 3.8) is 0 Å². The lowest BCUT2D eigenvalue weighted by Gasteiger charge is -2.16. The monoisotopic (exact) mass is 338 g/mol. The summed E-state index contributed by atoms with van der Waals surface area (Å²) in [4.78, 5) is 0. The van der Waals surface area contributed by atoms with Crippen LogP contribution in [0.15, 0.2) is 22.7 Å². The topological polar surface area (TPSA) is 52.0 Å². The Hall–Kier alpha value is -1.40. The molecule has 108 valence electrons. The van der Waals surface area contributed by atoms with Crippen molar-refractivity contribution in [2.24, 2.45) is 7.05 Å². The molecule has 0 aliphatic heterocycles. The molecule has 0 aliphatic rings. The summed E-state index contributed by atoms with van der Waals surface area (Å²) in [6, 6.07) is 6.27. The first-order chi connectivity index (χ1) is 9.52.